The molecule has 0 saturated carbocycles. The molecule has 0 aliphatic carbocycles. The molecule has 0 unspecified atom stereocenters. The van der Waals surface area contributed by atoms with Crippen molar-refractivity contribution < 1.29 is 0 Å². The molecule has 2 aromatic carbocycles. The number of imidazole rings is 1. The van der Waals surface area contributed by atoms with Gasteiger partial charge in [0.15, 0.2) is 0 Å². The fourth-order valence-electron chi connectivity index (χ4n) is 2.94. The summed E-state index contributed by atoms with van der Waals surface area (Å²) in [5.74, 6) is 1.06. The monoisotopic (exact) mass is 307 g/mol. The lowest BCUT2D eigenvalue weighted by Gasteiger charge is -2.10. The molecule has 0 fully saturated rings. The quantitative estimate of drug-likeness (QED) is 0.711. The summed E-state index contributed by atoms with van der Waals surface area (Å²) in [6, 6.07) is 13.1. The first kappa shape index (κ1) is 15.8. The number of aromatic nitrogens is 2. The van der Waals surface area contributed by atoms with Crippen molar-refractivity contribution in [3.8, 4) is 11.4 Å². The summed E-state index contributed by atoms with van der Waals surface area (Å²) < 4.78 is 2.35. The van der Waals surface area contributed by atoms with Crippen molar-refractivity contribution in [1.29, 1.82) is 0 Å². The first-order valence-electron chi connectivity index (χ1n) is 8.34. The van der Waals surface area contributed by atoms with Crippen LogP contribution in [0.25, 0.3) is 22.4 Å². The second-order valence-corrected chi connectivity index (χ2v) is 6.37. The SMILES string of the molecule is Cc1ccc(-c2nc3cc(C)c(C)cc3n2CCCCN)cc1. The molecular formula is C20H25N3. The van der Waals surface area contributed by atoms with E-state index in [1.54, 1.807) is 0 Å². The third-order valence-corrected chi connectivity index (χ3v) is 4.51. The molecule has 120 valence electrons. The van der Waals surface area contributed by atoms with Crippen molar-refractivity contribution in [1.82, 2.24) is 9.55 Å². The summed E-state index contributed by atoms with van der Waals surface area (Å²) in [5.41, 5.74) is 13.0. The third kappa shape index (κ3) is 3.15. The number of fused-ring (bicyclic) bond motifs is 1. The van der Waals surface area contributed by atoms with Gasteiger partial charge >= 0.3 is 0 Å². The van der Waals surface area contributed by atoms with Gasteiger partial charge in [0.2, 0.25) is 0 Å². The normalized spacial score (nSPS) is 11.3. The smallest absolute Gasteiger partial charge is 0.141 e. The topological polar surface area (TPSA) is 43.8 Å². The van der Waals surface area contributed by atoms with Gasteiger partial charge in [0.25, 0.3) is 0 Å². The minimum absolute atomic E-state index is 0.741. The minimum atomic E-state index is 0.741. The van der Waals surface area contributed by atoms with E-state index in [1.165, 1.54) is 27.8 Å². The number of unbranched alkanes of at least 4 members (excludes halogenated alkanes) is 1. The van der Waals surface area contributed by atoms with E-state index in [-0.39, 0.29) is 0 Å². The van der Waals surface area contributed by atoms with Gasteiger partial charge in [-0.1, -0.05) is 29.8 Å². The van der Waals surface area contributed by atoms with Crippen LogP contribution in [-0.4, -0.2) is 16.1 Å². The Hall–Kier alpha value is -2.13. The first-order chi connectivity index (χ1) is 11.1. The Labute approximate surface area is 138 Å². The Bertz CT molecular complexity index is 813. The first-order valence-corrected chi connectivity index (χ1v) is 8.34. The van der Waals surface area contributed by atoms with Gasteiger partial charge in [-0.3, -0.25) is 0 Å². The summed E-state index contributed by atoms with van der Waals surface area (Å²) >= 11 is 0. The molecule has 2 N–H and O–H groups in total. The molecule has 0 radical (unpaired) electrons. The molecule has 3 aromatic rings. The number of hydrogen-bond donors (Lipinski definition) is 1. The Balaban J connectivity index is 2.14. The molecule has 0 amide bonds. The lowest BCUT2D eigenvalue weighted by Crippen LogP contribution is -2.05. The fourth-order valence-corrected chi connectivity index (χ4v) is 2.94. The lowest BCUT2D eigenvalue weighted by atomic mass is 10.1. The second-order valence-electron chi connectivity index (χ2n) is 6.37. The largest absolute Gasteiger partial charge is 0.330 e. The van der Waals surface area contributed by atoms with Crippen LogP contribution >= 0.6 is 0 Å². The number of nitrogens with two attached hydrogens (primary N) is 1. The van der Waals surface area contributed by atoms with Gasteiger partial charge in [-0.05, 0) is 63.4 Å². The minimum Gasteiger partial charge on any atom is -0.330 e. The van der Waals surface area contributed by atoms with E-state index in [0.717, 1.165) is 37.3 Å². The number of hydrogen-bond acceptors (Lipinski definition) is 2. The predicted octanol–water partition coefficient (Wildman–Crippen LogP) is 4.37. The molecule has 0 spiro atoms. The molecule has 3 rings (SSSR count). The molecule has 3 heteroatoms. The van der Waals surface area contributed by atoms with Crippen LogP contribution in [0.15, 0.2) is 36.4 Å². The second kappa shape index (κ2) is 6.55. The molecule has 0 atom stereocenters. The van der Waals surface area contributed by atoms with Crippen LogP contribution in [0.1, 0.15) is 29.5 Å². The highest BCUT2D eigenvalue weighted by molar-refractivity contribution is 5.82. The Morgan fingerprint density at radius 2 is 1.65 bits per heavy atom. The molecule has 0 saturated heterocycles. The van der Waals surface area contributed by atoms with Crippen molar-refractivity contribution in [2.24, 2.45) is 5.73 Å². The maximum absolute atomic E-state index is 5.67. The van der Waals surface area contributed by atoms with E-state index in [9.17, 15) is 0 Å². The highest BCUT2D eigenvalue weighted by atomic mass is 15.1. The molecular weight excluding hydrogens is 282 g/mol. The predicted molar refractivity (Wildman–Crippen MR) is 97.7 cm³/mol. The zero-order valence-corrected chi connectivity index (χ0v) is 14.3. The summed E-state index contributed by atoms with van der Waals surface area (Å²) in [6.07, 6.45) is 2.12. The zero-order valence-electron chi connectivity index (χ0n) is 14.3. The van der Waals surface area contributed by atoms with Crippen LogP contribution in [0.5, 0.6) is 0 Å². The maximum atomic E-state index is 5.67. The van der Waals surface area contributed by atoms with E-state index in [1.807, 2.05) is 0 Å². The van der Waals surface area contributed by atoms with Crippen LogP contribution in [0.3, 0.4) is 0 Å². The van der Waals surface area contributed by atoms with Crippen molar-refractivity contribution in [3.63, 3.8) is 0 Å². The Morgan fingerprint density at radius 3 is 2.35 bits per heavy atom. The van der Waals surface area contributed by atoms with Crippen LogP contribution in [0.2, 0.25) is 0 Å². The highest BCUT2D eigenvalue weighted by Crippen LogP contribution is 2.27. The van der Waals surface area contributed by atoms with E-state index in [2.05, 4.69) is 61.7 Å². The maximum Gasteiger partial charge on any atom is 0.141 e. The number of nitrogens with zero attached hydrogens (tertiary/aromatic N) is 2. The number of rotatable bonds is 5. The van der Waals surface area contributed by atoms with Crippen LogP contribution < -0.4 is 5.73 Å². The summed E-state index contributed by atoms with van der Waals surface area (Å²) in [5, 5.41) is 0. The molecule has 0 aliphatic rings. The summed E-state index contributed by atoms with van der Waals surface area (Å²) in [7, 11) is 0. The molecule has 0 aliphatic heterocycles. The van der Waals surface area contributed by atoms with Crippen LogP contribution in [-0.2, 0) is 6.54 Å². The standard InChI is InChI=1S/C20H25N3/c1-14-6-8-17(9-7-14)20-22-18-12-15(2)16(3)13-19(18)23(20)11-5-4-10-21/h6-9,12-13H,4-5,10-11,21H2,1-3H3. The molecule has 1 heterocycles. The van der Waals surface area contributed by atoms with Gasteiger partial charge in [0, 0.05) is 12.1 Å². The fraction of sp³-hybridized carbons (Fsp3) is 0.350. The summed E-state index contributed by atoms with van der Waals surface area (Å²) in [4.78, 5) is 4.92. The van der Waals surface area contributed by atoms with E-state index in [4.69, 9.17) is 10.7 Å². The van der Waals surface area contributed by atoms with Gasteiger partial charge in [0.1, 0.15) is 5.82 Å². The third-order valence-electron chi connectivity index (χ3n) is 4.51. The van der Waals surface area contributed by atoms with Crippen molar-refractivity contribution >= 4 is 11.0 Å². The lowest BCUT2D eigenvalue weighted by molar-refractivity contribution is 0.631. The average molecular weight is 307 g/mol. The Morgan fingerprint density at radius 1 is 0.957 bits per heavy atom. The van der Waals surface area contributed by atoms with Gasteiger partial charge in [-0.25, -0.2) is 4.98 Å². The van der Waals surface area contributed by atoms with Gasteiger partial charge < -0.3 is 10.3 Å². The van der Waals surface area contributed by atoms with Gasteiger partial charge in [0.05, 0.1) is 11.0 Å². The van der Waals surface area contributed by atoms with Crippen molar-refractivity contribution in [2.45, 2.75) is 40.2 Å². The highest BCUT2D eigenvalue weighted by Gasteiger charge is 2.13. The van der Waals surface area contributed by atoms with Crippen LogP contribution in [0.4, 0.5) is 0 Å². The molecule has 3 nitrogen and oxygen atoms in total. The average Bonchev–Trinajstić information content (AvgIpc) is 2.87. The number of benzene rings is 2. The molecule has 1 aromatic heterocycles. The van der Waals surface area contributed by atoms with E-state index in [0.29, 0.717) is 0 Å². The van der Waals surface area contributed by atoms with Crippen LogP contribution in [0, 0.1) is 20.8 Å². The van der Waals surface area contributed by atoms with Gasteiger partial charge in [-0.2, -0.15) is 0 Å². The summed E-state index contributed by atoms with van der Waals surface area (Å²) in [6.45, 7) is 8.12. The number of aryl methyl sites for hydroxylation is 4. The molecule has 0 bridgehead atoms. The Kier molecular flexibility index (Phi) is 4.49. The van der Waals surface area contributed by atoms with Gasteiger partial charge in [-0.15, -0.1) is 0 Å². The van der Waals surface area contributed by atoms with Crippen molar-refractivity contribution in [3.05, 3.63) is 53.1 Å². The zero-order chi connectivity index (χ0) is 16.4. The van der Waals surface area contributed by atoms with Crippen molar-refractivity contribution in [2.75, 3.05) is 6.54 Å². The molecule has 23 heavy (non-hydrogen) atoms. The van der Waals surface area contributed by atoms with E-state index < -0.39 is 0 Å². The van der Waals surface area contributed by atoms with E-state index >= 15 is 0 Å².